The molecule has 9 nitrogen and oxygen atoms in total. The lowest BCUT2D eigenvalue weighted by molar-refractivity contribution is -0.135. The predicted octanol–water partition coefficient (Wildman–Crippen LogP) is 3.43. The zero-order valence-electron chi connectivity index (χ0n) is 22.7. The van der Waals surface area contributed by atoms with Gasteiger partial charge in [-0.25, -0.2) is 4.98 Å². The van der Waals surface area contributed by atoms with Gasteiger partial charge < -0.3 is 15.1 Å². The molecular formula is C28H34N8O. The maximum absolute atomic E-state index is 13.1. The van der Waals surface area contributed by atoms with Gasteiger partial charge in [0, 0.05) is 44.5 Å². The summed E-state index contributed by atoms with van der Waals surface area (Å²) in [7, 11) is 0.179. The molecule has 4 heterocycles. The van der Waals surface area contributed by atoms with Crippen molar-refractivity contribution in [1.82, 2.24) is 25.0 Å². The highest BCUT2D eigenvalue weighted by atomic mass is 16.2. The van der Waals surface area contributed by atoms with Crippen LogP contribution in [0.1, 0.15) is 49.6 Å². The number of amides is 1. The van der Waals surface area contributed by atoms with Crippen LogP contribution in [0.25, 0.3) is 10.8 Å². The quantitative estimate of drug-likeness (QED) is 0.570. The van der Waals surface area contributed by atoms with Crippen LogP contribution in [0.5, 0.6) is 0 Å². The average molecular weight is 500 g/mol. The second kappa shape index (κ2) is 10.3. The van der Waals surface area contributed by atoms with E-state index in [4.69, 9.17) is 6.35 Å². The predicted molar refractivity (Wildman–Crippen MR) is 144 cm³/mol. The number of likely N-dealkylation sites (N-methyl/N-ethyl adjacent to an activating group) is 1. The normalized spacial score (nSPS) is 19.5. The summed E-state index contributed by atoms with van der Waals surface area (Å²) >= 11 is 0. The summed E-state index contributed by atoms with van der Waals surface area (Å²) in [5, 5.41) is 23.7. The molecule has 2 aliphatic heterocycles. The molecule has 37 heavy (non-hydrogen) atoms. The third kappa shape index (κ3) is 4.81. The fraction of sp³-hybridized carbons (Fsp3) is 0.464. The molecule has 2 fully saturated rings. The number of nitrogens with one attached hydrogen (secondary N) is 1. The molecule has 5 rings (SSSR count). The van der Waals surface area contributed by atoms with Crippen LogP contribution in [-0.2, 0) is 4.79 Å². The Morgan fingerprint density at radius 1 is 1.19 bits per heavy atom. The lowest BCUT2D eigenvalue weighted by atomic mass is 9.98. The number of likely N-dealkylation sites (tertiary alicyclic amines) is 1. The largest absolute Gasteiger partial charge is 0.362 e. The fourth-order valence-corrected chi connectivity index (χ4v) is 5.44. The topological polar surface area (TPSA) is 101 Å². The number of fused-ring (bicyclic) bond motifs is 1. The van der Waals surface area contributed by atoms with Crippen molar-refractivity contribution in [2.24, 2.45) is 0 Å². The van der Waals surface area contributed by atoms with Gasteiger partial charge in [0.2, 0.25) is 5.91 Å². The standard InChI is InChI=1S/C28H34N8O/c1-18-21(16-29)7-5-8-22(18)19(2)31-27-23-15-26(30-17-24(23)20(3)32-33-27)35-11-13-36(14-12-35)28(37)25-9-6-10-34(25)4/h5,7-8,15,17,19,25H,6,9-14H2,1-4H3,(H,31,33)/t19-,25+/m1/s1/i4D. The van der Waals surface area contributed by atoms with Crippen molar-refractivity contribution < 1.29 is 6.17 Å². The molecule has 2 aliphatic rings. The van der Waals surface area contributed by atoms with Crippen molar-refractivity contribution in [3.8, 4) is 6.07 Å². The average Bonchev–Trinajstić information content (AvgIpc) is 3.43. The molecule has 1 amide bonds. The summed E-state index contributed by atoms with van der Waals surface area (Å²) in [4.78, 5) is 23.9. The van der Waals surface area contributed by atoms with E-state index < -0.39 is 0 Å². The van der Waals surface area contributed by atoms with Crippen molar-refractivity contribution in [2.75, 3.05) is 50.0 Å². The van der Waals surface area contributed by atoms with Gasteiger partial charge in [-0.1, -0.05) is 12.1 Å². The molecule has 2 aromatic heterocycles. The molecule has 1 N–H and O–H groups in total. The van der Waals surface area contributed by atoms with Gasteiger partial charge in [-0.2, -0.15) is 10.4 Å². The second-order valence-electron chi connectivity index (χ2n) is 10.0. The summed E-state index contributed by atoms with van der Waals surface area (Å²) in [6.45, 7) is 9.48. The molecule has 9 heteroatoms. The Hall–Kier alpha value is -3.77. The minimum atomic E-state index is -0.146. The highest BCUT2D eigenvalue weighted by Crippen LogP contribution is 2.30. The van der Waals surface area contributed by atoms with Crippen molar-refractivity contribution in [3.05, 3.63) is 52.8 Å². The van der Waals surface area contributed by atoms with E-state index in [1.165, 1.54) is 0 Å². The van der Waals surface area contributed by atoms with Gasteiger partial charge in [0.15, 0.2) is 5.82 Å². The molecule has 192 valence electrons. The number of anilines is 2. The van der Waals surface area contributed by atoms with E-state index in [9.17, 15) is 10.1 Å². The van der Waals surface area contributed by atoms with Gasteiger partial charge in [-0.05, 0) is 70.4 Å². The Morgan fingerprint density at radius 3 is 2.76 bits per heavy atom. The molecule has 0 bridgehead atoms. The number of rotatable bonds is 5. The maximum atomic E-state index is 13.1. The van der Waals surface area contributed by atoms with Crippen molar-refractivity contribution in [2.45, 2.75) is 45.7 Å². The van der Waals surface area contributed by atoms with Crippen molar-refractivity contribution in [1.29, 1.82) is 5.26 Å². The Kier molecular flexibility index (Phi) is 6.58. The van der Waals surface area contributed by atoms with E-state index in [0.717, 1.165) is 52.8 Å². The number of carbonyl (C=O) groups is 1. The zero-order valence-corrected chi connectivity index (χ0v) is 21.7. The first kappa shape index (κ1) is 23.6. The lowest BCUT2D eigenvalue weighted by Gasteiger charge is -2.37. The minimum absolute atomic E-state index is 0.0754. The van der Waals surface area contributed by atoms with Crippen LogP contribution < -0.4 is 10.2 Å². The van der Waals surface area contributed by atoms with Crippen LogP contribution in [-0.4, -0.2) is 76.7 Å². The van der Waals surface area contributed by atoms with Gasteiger partial charge in [-0.15, -0.1) is 5.10 Å². The first-order valence-corrected chi connectivity index (χ1v) is 12.9. The molecule has 1 aromatic carbocycles. The number of aryl methyl sites for hydroxylation is 1. The van der Waals surface area contributed by atoms with Crippen LogP contribution in [0.4, 0.5) is 11.6 Å². The summed E-state index contributed by atoms with van der Waals surface area (Å²) < 4.78 is 7.71. The second-order valence-corrected chi connectivity index (χ2v) is 10.0. The number of pyridine rings is 1. The highest BCUT2D eigenvalue weighted by Gasteiger charge is 2.33. The van der Waals surface area contributed by atoms with E-state index in [2.05, 4.69) is 39.5 Å². The number of hydrogen-bond acceptors (Lipinski definition) is 8. The first-order valence-electron chi connectivity index (χ1n) is 13.6. The molecule has 0 unspecified atom stereocenters. The number of aromatic nitrogens is 3. The van der Waals surface area contributed by atoms with Crippen LogP contribution in [0, 0.1) is 25.2 Å². The first-order chi connectivity index (χ1) is 18.4. The van der Waals surface area contributed by atoms with Crippen LogP contribution in [0.15, 0.2) is 30.5 Å². The molecule has 3 aromatic rings. The highest BCUT2D eigenvalue weighted by molar-refractivity contribution is 5.94. The Labute approximate surface area is 219 Å². The molecule has 2 saturated heterocycles. The number of carbonyl (C=O) groups excluding carboxylic acids is 1. The number of benzene rings is 1. The number of nitriles is 1. The minimum Gasteiger partial charge on any atom is -0.362 e. The SMILES string of the molecule is [2H]CN1CCC[C@H]1C(=O)N1CCN(c2cc3c(N[C@H](C)c4cccc(C#N)c4C)nnc(C)c3cn2)CC1. The Balaban J connectivity index is 1.34. The summed E-state index contributed by atoms with van der Waals surface area (Å²) in [6.07, 6.45) is 3.68. The molecule has 0 saturated carbocycles. The third-order valence-electron chi connectivity index (χ3n) is 7.71. The molecule has 0 radical (unpaired) electrons. The van der Waals surface area contributed by atoms with Crippen LogP contribution in [0.2, 0.25) is 0 Å². The monoisotopic (exact) mass is 499 g/mol. The van der Waals surface area contributed by atoms with Crippen LogP contribution >= 0.6 is 0 Å². The number of hydrogen-bond donors (Lipinski definition) is 1. The number of nitrogens with zero attached hydrogens (tertiary/aromatic N) is 7. The smallest absolute Gasteiger partial charge is 0.240 e. The van der Waals surface area contributed by atoms with Gasteiger partial charge in [0.25, 0.3) is 0 Å². The Morgan fingerprint density at radius 2 is 2.00 bits per heavy atom. The molecule has 2 atom stereocenters. The van der Waals surface area contributed by atoms with Crippen molar-refractivity contribution in [3.63, 3.8) is 0 Å². The molecule has 0 spiro atoms. The number of piperazine rings is 1. The van der Waals surface area contributed by atoms with E-state index >= 15 is 0 Å². The summed E-state index contributed by atoms with van der Waals surface area (Å²) in [5.74, 6) is 1.68. The van der Waals surface area contributed by atoms with Crippen LogP contribution in [0.3, 0.4) is 0 Å². The van der Waals surface area contributed by atoms with Gasteiger partial charge in [0.1, 0.15) is 5.82 Å². The molecular weight excluding hydrogens is 464 g/mol. The van der Waals surface area contributed by atoms with E-state index in [1.54, 1.807) is 0 Å². The maximum Gasteiger partial charge on any atom is 0.240 e. The van der Waals surface area contributed by atoms with E-state index in [-0.39, 0.29) is 25.0 Å². The Bertz CT molecular complexity index is 1380. The fourth-order valence-electron chi connectivity index (χ4n) is 5.44. The third-order valence-corrected chi connectivity index (χ3v) is 7.71. The van der Waals surface area contributed by atoms with Gasteiger partial charge in [-0.3, -0.25) is 9.69 Å². The lowest BCUT2D eigenvalue weighted by Crippen LogP contribution is -2.53. The summed E-state index contributed by atoms with van der Waals surface area (Å²) in [6, 6.07) is 9.86. The van der Waals surface area contributed by atoms with Crippen molar-refractivity contribution >= 4 is 28.3 Å². The zero-order chi connectivity index (χ0) is 26.8. The summed E-state index contributed by atoms with van der Waals surface area (Å²) in [5.41, 5.74) is 3.48. The van der Waals surface area contributed by atoms with Gasteiger partial charge in [0.05, 0.1) is 29.4 Å². The molecule has 0 aliphatic carbocycles. The van der Waals surface area contributed by atoms with Gasteiger partial charge >= 0.3 is 0 Å². The van der Waals surface area contributed by atoms with E-state index in [1.807, 2.05) is 48.0 Å². The van der Waals surface area contributed by atoms with E-state index in [0.29, 0.717) is 37.6 Å².